The van der Waals surface area contributed by atoms with Crippen LogP contribution in [0.4, 0.5) is 4.39 Å². The Balaban J connectivity index is 2.18. The Morgan fingerprint density at radius 3 is 2.54 bits per heavy atom. The fraction of sp³-hybridized carbons (Fsp3) is 0.900. The van der Waals surface area contributed by atoms with E-state index in [-0.39, 0.29) is 12.6 Å². The van der Waals surface area contributed by atoms with E-state index in [0.29, 0.717) is 12.2 Å². The van der Waals surface area contributed by atoms with Crippen molar-refractivity contribution in [2.45, 2.75) is 26.2 Å². The summed E-state index contributed by atoms with van der Waals surface area (Å²) in [6.07, 6.45) is 2.55. The number of likely N-dealkylation sites (tertiary alicyclic amines) is 1. The van der Waals surface area contributed by atoms with E-state index in [1.54, 1.807) is 6.92 Å². The van der Waals surface area contributed by atoms with Crippen molar-refractivity contribution in [3.05, 3.63) is 0 Å². The van der Waals surface area contributed by atoms with E-state index in [4.69, 9.17) is 0 Å². The third-order valence-electron chi connectivity index (χ3n) is 2.77. The fourth-order valence-electron chi connectivity index (χ4n) is 1.85. The van der Waals surface area contributed by atoms with Gasteiger partial charge < -0.3 is 4.90 Å². The number of carbonyl (C=O) groups is 1. The number of alkyl halides is 1. The van der Waals surface area contributed by atoms with Gasteiger partial charge in [0.25, 0.3) is 0 Å². The molecule has 1 fully saturated rings. The average molecular weight is 187 g/mol. The van der Waals surface area contributed by atoms with Crippen LogP contribution in [0.5, 0.6) is 0 Å². The predicted octanol–water partition coefficient (Wildman–Crippen LogP) is 1.65. The van der Waals surface area contributed by atoms with Gasteiger partial charge in [0, 0.05) is 12.5 Å². The maximum Gasteiger partial charge on any atom is 0.133 e. The van der Waals surface area contributed by atoms with Crippen LogP contribution in [-0.2, 0) is 4.79 Å². The predicted molar refractivity (Wildman–Crippen MR) is 50.4 cm³/mol. The SMILES string of the molecule is CC(=O)C1CCN(CCCF)CC1. The lowest BCUT2D eigenvalue weighted by Gasteiger charge is -2.30. The van der Waals surface area contributed by atoms with Crippen molar-refractivity contribution in [3.8, 4) is 0 Å². The molecule has 0 N–H and O–H groups in total. The van der Waals surface area contributed by atoms with Crippen LogP contribution in [0.2, 0.25) is 0 Å². The molecule has 0 aliphatic carbocycles. The van der Waals surface area contributed by atoms with E-state index in [0.717, 1.165) is 32.5 Å². The highest BCUT2D eigenvalue weighted by Gasteiger charge is 2.21. The molecule has 1 heterocycles. The Kier molecular flexibility index (Phi) is 4.36. The van der Waals surface area contributed by atoms with Crippen molar-refractivity contribution in [3.63, 3.8) is 0 Å². The lowest BCUT2D eigenvalue weighted by molar-refractivity contribution is -0.122. The van der Waals surface area contributed by atoms with E-state index in [1.165, 1.54) is 0 Å². The normalized spacial score (nSPS) is 20.5. The topological polar surface area (TPSA) is 20.3 Å². The molecule has 1 rings (SSSR count). The van der Waals surface area contributed by atoms with Crippen LogP contribution >= 0.6 is 0 Å². The highest BCUT2D eigenvalue weighted by molar-refractivity contribution is 5.78. The Morgan fingerprint density at radius 2 is 2.08 bits per heavy atom. The number of hydrogen-bond acceptors (Lipinski definition) is 2. The van der Waals surface area contributed by atoms with Crippen LogP contribution in [0.3, 0.4) is 0 Å². The second kappa shape index (κ2) is 5.32. The summed E-state index contributed by atoms with van der Waals surface area (Å²) < 4.78 is 11.9. The van der Waals surface area contributed by atoms with Crippen molar-refractivity contribution >= 4 is 5.78 Å². The first kappa shape index (κ1) is 10.6. The monoisotopic (exact) mass is 187 g/mol. The van der Waals surface area contributed by atoms with Crippen molar-refractivity contribution in [1.29, 1.82) is 0 Å². The van der Waals surface area contributed by atoms with E-state index >= 15 is 0 Å². The Hall–Kier alpha value is -0.440. The maximum absolute atomic E-state index is 11.9. The molecule has 0 bridgehead atoms. The molecule has 0 saturated carbocycles. The molecule has 3 heteroatoms. The zero-order valence-corrected chi connectivity index (χ0v) is 8.26. The van der Waals surface area contributed by atoms with Crippen LogP contribution in [0.15, 0.2) is 0 Å². The van der Waals surface area contributed by atoms with Gasteiger partial charge in [-0.1, -0.05) is 0 Å². The first-order valence-electron chi connectivity index (χ1n) is 5.03. The van der Waals surface area contributed by atoms with Crippen LogP contribution in [0, 0.1) is 5.92 Å². The number of rotatable bonds is 4. The van der Waals surface area contributed by atoms with Gasteiger partial charge in [-0.15, -0.1) is 0 Å². The Morgan fingerprint density at radius 1 is 1.46 bits per heavy atom. The number of carbonyl (C=O) groups excluding carboxylic acids is 1. The van der Waals surface area contributed by atoms with Crippen LogP contribution in [0.1, 0.15) is 26.2 Å². The molecule has 2 nitrogen and oxygen atoms in total. The van der Waals surface area contributed by atoms with Crippen LogP contribution in [0.25, 0.3) is 0 Å². The molecule has 1 saturated heterocycles. The minimum absolute atomic E-state index is 0.230. The molecule has 0 spiro atoms. The molecule has 76 valence electrons. The molecule has 0 atom stereocenters. The maximum atomic E-state index is 11.9. The minimum Gasteiger partial charge on any atom is -0.303 e. The summed E-state index contributed by atoms with van der Waals surface area (Å²) in [4.78, 5) is 13.3. The molecule has 0 aromatic carbocycles. The van der Waals surface area contributed by atoms with Crippen molar-refractivity contribution in [2.75, 3.05) is 26.3 Å². The van der Waals surface area contributed by atoms with Gasteiger partial charge in [-0.25, -0.2) is 0 Å². The summed E-state index contributed by atoms with van der Waals surface area (Å²) in [5.41, 5.74) is 0. The molecule has 0 unspecified atom stereocenters. The average Bonchev–Trinajstić information content (AvgIpc) is 2.15. The quantitative estimate of drug-likeness (QED) is 0.667. The summed E-state index contributed by atoms with van der Waals surface area (Å²) in [6, 6.07) is 0. The number of nitrogens with zero attached hydrogens (tertiary/aromatic N) is 1. The van der Waals surface area contributed by atoms with E-state index in [9.17, 15) is 9.18 Å². The molecule has 0 amide bonds. The van der Waals surface area contributed by atoms with Gasteiger partial charge in [0.1, 0.15) is 5.78 Å². The molecule has 0 aromatic rings. The summed E-state index contributed by atoms with van der Waals surface area (Å²) >= 11 is 0. The summed E-state index contributed by atoms with van der Waals surface area (Å²) in [6.45, 7) is 4.21. The second-order valence-electron chi connectivity index (χ2n) is 3.77. The van der Waals surface area contributed by atoms with E-state index < -0.39 is 0 Å². The van der Waals surface area contributed by atoms with Gasteiger partial charge in [0.15, 0.2) is 0 Å². The zero-order chi connectivity index (χ0) is 9.68. The second-order valence-corrected chi connectivity index (χ2v) is 3.77. The molecule has 0 aromatic heterocycles. The van der Waals surface area contributed by atoms with Gasteiger partial charge >= 0.3 is 0 Å². The Labute approximate surface area is 79.1 Å². The highest BCUT2D eigenvalue weighted by atomic mass is 19.1. The van der Waals surface area contributed by atoms with Crippen molar-refractivity contribution < 1.29 is 9.18 Å². The molecule has 1 aliphatic rings. The molecule has 0 radical (unpaired) electrons. The number of Topliss-reactive ketones (excluding diaryl/α,β-unsaturated/α-hetero) is 1. The molecule has 1 aliphatic heterocycles. The smallest absolute Gasteiger partial charge is 0.133 e. The zero-order valence-electron chi connectivity index (χ0n) is 8.26. The number of halogens is 1. The van der Waals surface area contributed by atoms with E-state index in [2.05, 4.69) is 4.90 Å². The summed E-state index contributed by atoms with van der Waals surface area (Å²) in [5.74, 6) is 0.576. The first-order chi connectivity index (χ1) is 6.24. The molecular formula is C10H18FNO. The molecular weight excluding hydrogens is 169 g/mol. The lowest BCUT2D eigenvalue weighted by Crippen LogP contribution is -2.36. The minimum atomic E-state index is -0.230. The standard InChI is InChI=1S/C10H18FNO/c1-9(13)10-3-7-12(8-4-10)6-2-5-11/h10H,2-8H2,1H3. The lowest BCUT2D eigenvalue weighted by atomic mass is 9.93. The molecule has 13 heavy (non-hydrogen) atoms. The largest absolute Gasteiger partial charge is 0.303 e. The van der Waals surface area contributed by atoms with Gasteiger partial charge in [0.05, 0.1) is 6.67 Å². The Bertz CT molecular complexity index is 164. The van der Waals surface area contributed by atoms with E-state index in [1.807, 2.05) is 0 Å². The van der Waals surface area contributed by atoms with Crippen molar-refractivity contribution in [1.82, 2.24) is 4.90 Å². The van der Waals surface area contributed by atoms with Gasteiger partial charge in [0.2, 0.25) is 0 Å². The highest BCUT2D eigenvalue weighted by Crippen LogP contribution is 2.17. The summed E-state index contributed by atoms with van der Waals surface area (Å²) in [5, 5.41) is 0. The van der Waals surface area contributed by atoms with Gasteiger partial charge in [-0.05, 0) is 39.3 Å². The van der Waals surface area contributed by atoms with Gasteiger partial charge in [-0.3, -0.25) is 9.18 Å². The van der Waals surface area contributed by atoms with Crippen molar-refractivity contribution in [2.24, 2.45) is 5.92 Å². The number of hydrogen-bond donors (Lipinski definition) is 0. The fourth-order valence-corrected chi connectivity index (χ4v) is 1.85. The van der Waals surface area contributed by atoms with Crippen LogP contribution in [-0.4, -0.2) is 37.0 Å². The number of piperidine rings is 1. The first-order valence-corrected chi connectivity index (χ1v) is 5.03. The van der Waals surface area contributed by atoms with Gasteiger partial charge in [-0.2, -0.15) is 0 Å². The summed E-state index contributed by atoms with van der Waals surface area (Å²) in [7, 11) is 0. The third-order valence-corrected chi connectivity index (χ3v) is 2.77. The van der Waals surface area contributed by atoms with Crippen LogP contribution < -0.4 is 0 Å². The number of ketones is 1. The third kappa shape index (κ3) is 3.43.